The summed E-state index contributed by atoms with van der Waals surface area (Å²) in [5, 5.41) is 13.7. The molecule has 2 aliphatic carbocycles. The van der Waals surface area contributed by atoms with E-state index in [1.54, 1.807) is 0 Å². The van der Waals surface area contributed by atoms with Gasteiger partial charge in [-0.25, -0.2) is 11.6 Å². The fourth-order valence-corrected chi connectivity index (χ4v) is 6.76. The third kappa shape index (κ3) is 3.57. The summed E-state index contributed by atoms with van der Waals surface area (Å²) in [4.78, 5) is 8.55. The molecule has 1 saturated heterocycles. The van der Waals surface area contributed by atoms with Crippen molar-refractivity contribution in [2.75, 3.05) is 0 Å². The minimum atomic E-state index is -0.990. The predicted octanol–water partition coefficient (Wildman–Crippen LogP) is 5.28. The Hall–Kier alpha value is -0.500. The van der Waals surface area contributed by atoms with Gasteiger partial charge in [0, 0.05) is 5.92 Å². The molecule has 0 aromatic rings. The number of aliphatic imine (C=N–C) groups is 1. The average molecular weight is 425 g/mol. The first-order valence-electron chi connectivity index (χ1n) is 10.4. The smallest absolute Gasteiger partial charge is 0.255 e. The second-order valence-electron chi connectivity index (χ2n) is 10.4. The standard InChI is InChI=1S/C22H33ClN2O2S/c1-19(2)16(23)9-12-22(5,27-19)15-7-10-20(3,25-13-28)14-8-11-21(4,26)18(24-6)17(14)15/h14-18,26H,7-12H2,1-5H3/t14-,15-,16-,17-,18+,20+,21+,22+/m0/s1. The highest BCUT2D eigenvalue weighted by molar-refractivity contribution is 7.78. The first-order valence-corrected chi connectivity index (χ1v) is 11.3. The van der Waals surface area contributed by atoms with E-state index >= 15 is 0 Å². The molecule has 4 nitrogen and oxygen atoms in total. The molecule has 8 atom stereocenters. The van der Waals surface area contributed by atoms with E-state index in [2.05, 4.69) is 42.7 Å². The van der Waals surface area contributed by atoms with Crippen LogP contribution in [0.5, 0.6) is 0 Å². The monoisotopic (exact) mass is 424 g/mol. The Balaban J connectivity index is 2.05. The number of hydrogen-bond donors (Lipinski definition) is 1. The number of rotatable bonds is 2. The summed E-state index contributed by atoms with van der Waals surface area (Å²) in [5.41, 5.74) is -2.09. The molecule has 0 spiro atoms. The Morgan fingerprint density at radius 1 is 1.11 bits per heavy atom. The van der Waals surface area contributed by atoms with Gasteiger partial charge in [0.25, 0.3) is 6.04 Å². The van der Waals surface area contributed by atoms with Crippen molar-refractivity contribution >= 4 is 29.0 Å². The van der Waals surface area contributed by atoms with Crippen LogP contribution in [0.4, 0.5) is 0 Å². The van der Waals surface area contributed by atoms with Crippen molar-refractivity contribution in [3.8, 4) is 0 Å². The second-order valence-corrected chi connectivity index (χ2v) is 11.1. The summed E-state index contributed by atoms with van der Waals surface area (Å²) in [6.07, 6.45) is 5.03. The lowest BCUT2D eigenvalue weighted by Gasteiger charge is -2.58. The zero-order valence-electron chi connectivity index (χ0n) is 17.7. The predicted molar refractivity (Wildman–Crippen MR) is 116 cm³/mol. The van der Waals surface area contributed by atoms with Gasteiger partial charge < -0.3 is 14.7 Å². The molecule has 2 saturated carbocycles. The van der Waals surface area contributed by atoms with E-state index in [-0.39, 0.29) is 34.3 Å². The third-order valence-electron chi connectivity index (χ3n) is 8.02. The van der Waals surface area contributed by atoms with E-state index in [4.69, 9.17) is 35.1 Å². The number of alkyl halides is 1. The van der Waals surface area contributed by atoms with Crippen LogP contribution in [0.3, 0.4) is 0 Å². The van der Waals surface area contributed by atoms with E-state index in [0.717, 1.165) is 32.1 Å². The van der Waals surface area contributed by atoms with Gasteiger partial charge in [0.15, 0.2) is 0 Å². The topological polar surface area (TPSA) is 46.2 Å². The number of hydrogen-bond acceptors (Lipinski definition) is 4. The van der Waals surface area contributed by atoms with Gasteiger partial charge in [0.1, 0.15) is 5.60 Å². The van der Waals surface area contributed by atoms with Gasteiger partial charge in [-0.2, -0.15) is 0 Å². The molecule has 1 heterocycles. The maximum Gasteiger partial charge on any atom is 0.255 e. The Morgan fingerprint density at radius 3 is 2.32 bits per heavy atom. The van der Waals surface area contributed by atoms with Crippen molar-refractivity contribution in [3.63, 3.8) is 0 Å². The fraction of sp³-hybridized carbons (Fsp3) is 0.909. The second kappa shape index (κ2) is 7.33. The number of aliphatic hydroxyl groups is 1. The van der Waals surface area contributed by atoms with Crippen LogP contribution in [0.2, 0.25) is 0 Å². The molecule has 1 N–H and O–H groups in total. The largest absolute Gasteiger partial charge is 0.382 e. The maximum absolute atomic E-state index is 11.1. The highest BCUT2D eigenvalue weighted by Gasteiger charge is 2.64. The Kier molecular flexibility index (Phi) is 5.81. The molecule has 0 unspecified atom stereocenters. The molecule has 156 valence electrons. The van der Waals surface area contributed by atoms with E-state index in [0.29, 0.717) is 6.42 Å². The quantitative estimate of drug-likeness (QED) is 0.284. The van der Waals surface area contributed by atoms with Crippen molar-refractivity contribution in [2.24, 2.45) is 22.7 Å². The maximum atomic E-state index is 11.1. The number of nitrogens with zero attached hydrogens (tertiary/aromatic N) is 2. The molecule has 3 fully saturated rings. The van der Waals surface area contributed by atoms with Crippen molar-refractivity contribution in [3.05, 3.63) is 11.4 Å². The Labute approximate surface area is 179 Å². The van der Waals surface area contributed by atoms with Gasteiger partial charge in [-0.1, -0.05) is 0 Å². The summed E-state index contributed by atoms with van der Waals surface area (Å²) in [6, 6.07) is -0.464. The number of fused-ring (bicyclic) bond motifs is 1. The molecule has 0 aromatic carbocycles. The van der Waals surface area contributed by atoms with Crippen LogP contribution in [0.15, 0.2) is 4.99 Å². The van der Waals surface area contributed by atoms with Crippen LogP contribution in [0.1, 0.15) is 73.1 Å². The molecule has 0 aromatic heterocycles. The summed E-state index contributed by atoms with van der Waals surface area (Å²) < 4.78 is 6.67. The van der Waals surface area contributed by atoms with Gasteiger partial charge in [0.05, 0.1) is 27.3 Å². The van der Waals surface area contributed by atoms with Crippen molar-refractivity contribution in [2.45, 2.75) is 107 Å². The highest BCUT2D eigenvalue weighted by atomic mass is 35.5. The third-order valence-corrected chi connectivity index (χ3v) is 8.86. The summed E-state index contributed by atoms with van der Waals surface area (Å²) >= 11 is 11.5. The van der Waals surface area contributed by atoms with Crippen molar-refractivity contribution in [1.82, 2.24) is 0 Å². The average Bonchev–Trinajstić information content (AvgIpc) is 2.57. The lowest BCUT2D eigenvalue weighted by atomic mass is 9.51. The first-order chi connectivity index (χ1) is 12.9. The van der Waals surface area contributed by atoms with E-state index in [9.17, 15) is 5.11 Å². The van der Waals surface area contributed by atoms with E-state index in [1.165, 1.54) is 0 Å². The van der Waals surface area contributed by atoms with Crippen LogP contribution in [-0.4, -0.2) is 44.0 Å². The van der Waals surface area contributed by atoms with Crippen molar-refractivity contribution in [1.29, 1.82) is 0 Å². The lowest BCUT2D eigenvalue weighted by Crippen LogP contribution is -2.64. The minimum absolute atomic E-state index is 0.0137. The molecule has 28 heavy (non-hydrogen) atoms. The van der Waals surface area contributed by atoms with Crippen LogP contribution in [-0.2, 0) is 4.74 Å². The van der Waals surface area contributed by atoms with Crippen molar-refractivity contribution < 1.29 is 9.84 Å². The zero-order valence-corrected chi connectivity index (χ0v) is 19.2. The molecule has 0 bridgehead atoms. The zero-order chi connectivity index (χ0) is 21.0. The van der Waals surface area contributed by atoms with Crippen LogP contribution in [0.25, 0.3) is 4.85 Å². The summed E-state index contributed by atoms with van der Waals surface area (Å²) in [7, 11) is 0. The summed E-state index contributed by atoms with van der Waals surface area (Å²) in [6.45, 7) is 18.2. The number of isothiocyanates is 1. The van der Waals surface area contributed by atoms with Gasteiger partial charge >= 0.3 is 0 Å². The Bertz CT molecular complexity index is 714. The van der Waals surface area contributed by atoms with Gasteiger partial charge in [-0.05, 0) is 97.2 Å². The lowest BCUT2D eigenvalue weighted by molar-refractivity contribution is -0.218. The Morgan fingerprint density at radius 2 is 1.75 bits per heavy atom. The molecule has 1 aliphatic heterocycles. The van der Waals surface area contributed by atoms with Crippen LogP contribution < -0.4 is 0 Å². The van der Waals surface area contributed by atoms with Gasteiger partial charge in [0.2, 0.25) is 0 Å². The number of halogens is 1. The van der Waals surface area contributed by atoms with Crippen LogP contribution in [0, 0.1) is 24.3 Å². The van der Waals surface area contributed by atoms with Gasteiger partial charge in [-0.3, -0.25) is 0 Å². The van der Waals surface area contributed by atoms with E-state index < -0.39 is 17.2 Å². The fourth-order valence-electron chi connectivity index (χ4n) is 6.39. The van der Waals surface area contributed by atoms with Crippen LogP contribution >= 0.6 is 23.8 Å². The molecular weight excluding hydrogens is 392 g/mol. The van der Waals surface area contributed by atoms with E-state index in [1.807, 2.05) is 6.92 Å². The molecule has 0 amide bonds. The SMILES string of the molecule is [C-]#[N+][C@@H]1[C@H]2[C@H](CC[C@@]1(C)O)[C@](C)(N=C=S)CC[C@@H]2[C@@]1(C)CC[C@H](Cl)C(C)(C)O1. The molecule has 6 heteroatoms. The molecular formula is C22H33ClN2O2S. The first kappa shape index (κ1) is 22.2. The van der Waals surface area contributed by atoms with Gasteiger partial charge in [-0.15, -0.1) is 11.6 Å². The normalized spacial score (nSPS) is 50.7. The number of ether oxygens (including phenoxy) is 1. The highest BCUT2D eigenvalue weighted by Crippen LogP contribution is 2.58. The number of thiocarbonyl (C=S) groups is 1. The molecule has 3 aliphatic rings. The summed E-state index contributed by atoms with van der Waals surface area (Å²) in [5.74, 6) is 0.387. The molecule has 0 radical (unpaired) electrons. The molecule has 3 rings (SSSR count). The minimum Gasteiger partial charge on any atom is -0.382 e.